The Morgan fingerprint density at radius 3 is 2.75 bits per heavy atom. The molecule has 1 aromatic rings. The van der Waals surface area contributed by atoms with E-state index in [9.17, 15) is 0 Å². The molecule has 1 heterocycles. The minimum Gasteiger partial charge on any atom is -0.491 e. The van der Waals surface area contributed by atoms with Crippen LogP contribution in [-0.2, 0) is 4.74 Å². The molecule has 2 nitrogen and oxygen atoms in total. The largest absolute Gasteiger partial charge is 0.491 e. The monoisotopic (exact) mass is 220 g/mol. The number of allylic oxidation sites excluding steroid dienone is 1. The Morgan fingerprint density at radius 2 is 2.19 bits per heavy atom. The third-order valence-corrected chi connectivity index (χ3v) is 2.17. The summed E-state index contributed by atoms with van der Waals surface area (Å²) in [5, 5.41) is 0. The normalized spacial score (nSPS) is 17.1. The zero-order valence-electron chi connectivity index (χ0n) is 10.3. The Balaban J connectivity index is 0.000000606. The lowest BCUT2D eigenvalue weighted by Crippen LogP contribution is -2.03. The molecule has 0 aromatic heterocycles. The van der Waals surface area contributed by atoms with E-state index in [1.165, 1.54) is 0 Å². The SMILES string of the molecule is C=C(C)c1cccc(OCC2CO2)c1.CC. The van der Waals surface area contributed by atoms with Crippen molar-refractivity contribution in [1.82, 2.24) is 0 Å². The van der Waals surface area contributed by atoms with E-state index in [4.69, 9.17) is 9.47 Å². The molecule has 0 radical (unpaired) electrons. The first-order valence-corrected chi connectivity index (χ1v) is 5.76. The minimum atomic E-state index is 0.309. The number of ether oxygens (including phenoxy) is 2. The highest BCUT2D eigenvalue weighted by molar-refractivity contribution is 5.62. The maximum Gasteiger partial charge on any atom is 0.120 e. The lowest BCUT2D eigenvalue weighted by Gasteiger charge is -2.06. The van der Waals surface area contributed by atoms with E-state index >= 15 is 0 Å². The van der Waals surface area contributed by atoms with Crippen molar-refractivity contribution in [1.29, 1.82) is 0 Å². The molecule has 1 saturated heterocycles. The average molecular weight is 220 g/mol. The van der Waals surface area contributed by atoms with Crippen LogP contribution in [0, 0.1) is 0 Å². The maximum atomic E-state index is 5.55. The molecule has 0 spiro atoms. The van der Waals surface area contributed by atoms with Gasteiger partial charge in [0.05, 0.1) is 6.61 Å². The molecule has 88 valence electrons. The number of hydrogen-bond acceptors (Lipinski definition) is 2. The molecular weight excluding hydrogens is 200 g/mol. The Kier molecular flexibility index (Phi) is 5.06. The zero-order chi connectivity index (χ0) is 12.0. The summed E-state index contributed by atoms with van der Waals surface area (Å²) in [6, 6.07) is 7.97. The van der Waals surface area contributed by atoms with Crippen molar-refractivity contribution in [3.8, 4) is 5.75 Å². The number of hydrogen-bond donors (Lipinski definition) is 0. The van der Waals surface area contributed by atoms with Gasteiger partial charge in [-0.1, -0.05) is 38.1 Å². The Morgan fingerprint density at radius 1 is 1.50 bits per heavy atom. The van der Waals surface area contributed by atoms with Gasteiger partial charge in [-0.05, 0) is 24.6 Å². The van der Waals surface area contributed by atoms with E-state index < -0.39 is 0 Å². The maximum absolute atomic E-state index is 5.55. The van der Waals surface area contributed by atoms with Gasteiger partial charge in [0.15, 0.2) is 0 Å². The molecule has 2 rings (SSSR count). The standard InChI is InChI=1S/C12H14O2.C2H6/c1-9(2)10-4-3-5-11(6-10)13-7-12-8-14-12;1-2/h3-6,12H,1,7-8H2,2H3;1-2H3. The highest BCUT2D eigenvalue weighted by Crippen LogP contribution is 2.20. The summed E-state index contributed by atoms with van der Waals surface area (Å²) in [6.07, 6.45) is 0.309. The fraction of sp³-hybridized carbons (Fsp3) is 0.429. The second-order valence-electron chi connectivity index (χ2n) is 3.57. The topological polar surface area (TPSA) is 21.8 Å². The molecule has 2 heteroatoms. The predicted molar refractivity (Wildman–Crippen MR) is 67.7 cm³/mol. The highest BCUT2D eigenvalue weighted by Gasteiger charge is 2.22. The van der Waals surface area contributed by atoms with E-state index in [2.05, 4.69) is 6.58 Å². The number of epoxide rings is 1. The van der Waals surface area contributed by atoms with E-state index in [1.54, 1.807) is 0 Å². The summed E-state index contributed by atoms with van der Waals surface area (Å²) in [5.74, 6) is 0.890. The van der Waals surface area contributed by atoms with Crippen molar-refractivity contribution >= 4 is 5.57 Å². The van der Waals surface area contributed by atoms with Crippen molar-refractivity contribution in [2.24, 2.45) is 0 Å². The first kappa shape index (κ1) is 12.8. The molecule has 16 heavy (non-hydrogen) atoms. The third-order valence-electron chi connectivity index (χ3n) is 2.17. The number of benzene rings is 1. The van der Waals surface area contributed by atoms with Gasteiger partial charge in [0.2, 0.25) is 0 Å². The molecule has 1 unspecified atom stereocenters. The molecule has 0 N–H and O–H groups in total. The van der Waals surface area contributed by atoms with Crippen LogP contribution in [0.3, 0.4) is 0 Å². The summed E-state index contributed by atoms with van der Waals surface area (Å²) >= 11 is 0. The molecule has 1 aliphatic rings. The van der Waals surface area contributed by atoms with E-state index in [0.29, 0.717) is 12.7 Å². The van der Waals surface area contributed by atoms with Gasteiger partial charge >= 0.3 is 0 Å². The van der Waals surface area contributed by atoms with Crippen molar-refractivity contribution < 1.29 is 9.47 Å². The molecule has 0 amide bonds. The first-order valence-electron chi connectivity index (χ1n) is 5.76. The molecule has 1 atom stereocenters. The van der Waals surface area contributed by atoms with Crippen LogP contribution >= 0.6 is 0 Å². The predicted octanol–water partition coefficient (Wildman–Crippen LogP) is 3.52. The van der Waals surface area contributed by atoms with Gasteiger partial charge < -0.3 is 9.47 Å². The van der Waals surface area contributed by atoms with Crippen LogP contribution in [-0.4, -0.2) is 19.3 Å². The first-order chi connectivity index (χ1) is 7.75. The van der Waals surface area contributed by atoms with E-state index in [1.807, 2.05) is 45.0 Å². The molecule has 1 aromatic carbocycles. The Hall–Kier alpha value is -1.28. The van der Waals surface area contributed by atoms with Crippen LogP contribution in [0.1, 0.15) is 26.3 Å². The van der Waals surface area contributed by atoms with Crippen molar-refractivity contribution in [3.63, 3.8) is 0 Å². The van der Waals surface area contributed by atoms with Crippen molar-refractivity contribution in [2.45, 2.75) is 26.9 Å². The number of rotatable bonds is 4. The van der Waals surface area contributed by atoms with Crippen LogP contribution < -0.4 is 4.74 Å². The molecule has 0 aliphatic carbocycles. The van der Waals surface area contributed by atoms with Crippen LogP contribution in [0.15, 0.2) is 30.8 Å². The summed E-state index contributed by atoms with van der Waals surface area (Å²) in [6.45, 7) is 11.4. The zero-order valence-corrected chi connectivity index (χ0v) is 10.3. The van der Waals surface area contributed by atoms with Gasteiger partial charge in [-0.15, -0.1) is 0 Å². The lowest BCUT2D eigenvalue weighted by atomic mass is 10.1. The van der Waals surface area contributed by atoms with Crippen molar-refractivity contribution in [3.05, 3.63) is 36.4 Å². The highest BCUT2D eigenvalue weighted by atomic mass is 16.6. The lowest BCUT2D eigenvalue weighted by molar-refractivity contribution is 0.263. The van der Waals surface area contributed by atoms with Crippen molar-refractivity contribution in [2.75, 3.05) is 13.2 Å². The summed E-state index contributed by atoms with van der Waals surface area (Å²) in [5.41, 5.74) is 2.18. The van der Waals surface area contributed by atoms with Gasteiger partial charge in [0, 0.05) is 0 Å². The average Bonchev–Trinajstić information content (AvgIpc) is 3.13. The Bertz CT molecular complexity index is 340. The Labute approximate surface area is 97.9 Å². The van der Waals surface area contributed by atoms with Crippen LogP contribution in [0.2, 0.25) is 0 Å². The van der Waals surface area contributed by atoms with Gasteiger partial charge in [-0.2, -0.15) is 0 Å². The van der Waals surface area contributed by atoms with E-state index in [-0.39, 0.29) is 0 Å². The molecule has 0 saturated carbocycles. The van der Waals surface area contributed by atoms with Gasteiger partial charge in [-0.25, -0.2) is 0 Å². The smallest absolute Gasteiger partial charge is 0.120 e. The summed E-state index contributed by atoms with van der Waals surface area (Å²) in [4.78, 5) is 0. The molecule has 0 bridgehead atoms. The molecular formula is C14H20O2. The van der Waals surface area contributed by atoms with Crippen LogP contribution in [0.25, 0.3) is 5.57 Å². The molecule has 1 fully saturated rings. The van der Waals surface area contributed by atoms with Crippen LogP contribution in [0.4, 0.5) is 0 Å². The van der Waals surface area contributed by atoms with E-state index in [0.717, 1.165) is 23.5 Å². The summed E-state index contributed by atoms with van der Waals surface area (Å²) < 4.78 is 10.6. The fourth-order valence-electron chi connectivity index (χ4n) is 1.20. The quantitative estimate of drug-likeness (QED) is 0.724. The third kappa shape index (κ3) is 4.07. The van der Waals surface area contributed by atoms with Gasteiger partial charge in [0.25, 0.3) is 0 Å². The van der Waals surface area contributed by atoms with Crippen LogP contribution in [0.5, 0.6) is 5.75 Å². The van der Waals surface area contributed by atoms with Gasteiger partial charge in [0.1, 0.15) is 18.5 Å². The van der Waals surface area contributed by atoms with Gasteiger partial charge in [-0.3, -0.25) is 0 Å². The molecule has 1 aliphatic heterocycles. The fourth-order valence-corrected chi connectivity index (χ4v) is 1.20. The second kappa shape index (κ2) is 6.33. The summed E-state index contributed by atoms with van der Waals surface area (Å²) in [7, 11) is 0. The second-order valence-corrected chi connectivity index (χ2v) is 3.57. The minimum absolute atomic E-state index is 0.309.